The first-order valence-corrected chi connectivity index (χ1v) is 6.80. The minimum Gasteiger partial charge on any atom is -0.493 e. The minimum absolute atomic E-state index is 0.103. The van der Waals surface area contributed by atoms with Crippen LogP contribution in [0.25, 0.3) is 0 Å². The number of carboxylic acids is 1. The summed E-state index contributed by atoms with van der Waals surface area (Å²) in [7, 11) is 0. The molecule has 1 N–H and O–H groups in total. The van der Waals surface area contributed by atoms with Crippen LogP contribution in [-0.4, -0.2) is 17.7 Å². The average molecular weight is 296 g/mol. The molecule has 0 aliphatic heterocycles. The fourth-order valence-corrected chi connectivity index (χ4v) is 1.86. The van der Waals surface area contributed by atoms with E-state index in [1.165, 1.54) is 18.2 Å². The Morgan fingerprint density at radius 1 is 1.45 bits per heavy atom. The molecule has 4 nitrogen and oxygen atoms in total. The molecule has 20 heavy (non-hydrogen) atoms. The third-order valence-electron chi connectivity index (χ3n) is 2.93. The highest BCUT2D eigenvalue weighted by Gasteiger charge is 2.16. The summed E-state index contributed by atoms with van der Waals surface area (Å²) in [6, 6.07) is 6.70. The Balaban J connectivity index is 2.49. The molecule has 0 aliphatic carbocycles. The lowest BCUT2D eigenvalue weighted by molar-refractivity contribution is 0.0692. The standard InChI is InChI=1S/C15H18ClNO3/c1-15(2,10-17)7-3-4-8-20-13-9-11(16)5-6-12(13)14(18)19/h5-6,9H,3-4,7-8H2,1-2H3,(H,18,19). The van der Waals surface area contributed by atoms with Crippen LogP contribution in [0.1, 0.15) is 43.5 Å². The van der Waals surface area contributed by atoms with E-state index in [0.717, 1.165) is 19.3 Å². The first-order chi connectivity index (χ1) is 9.35. The molecule has 1 aromatic carbocycles. The summed E-state index contributed by atoms with van der Waals surface area (Å²) < 4.78 is 5.48. The van der Waals surface area contributed by atoms with E-state index in [1.807, 2.05) is 13.8 Å². The maximum Gasteiger partial charge on any atom is 0.339 e. The summed E-state index contributed by atoms with van der Waals surface area (Å²) >= 11 is 5.83. The first-order valence-electron chi connectivity index (χ1n) is 6.42. The van der Waals surface area contributed by atoms with Gasteiger partial charge in [0.15, 0.2) is 0 Å². The second kappa shape index (κ2) is 7.16. The van der Waals surface area contributed by atoms with E-state index in [4.69, 9.17) is 26.7 Å². The van der Waals surface area contributed by atoms with Crippen LogP contribution in [0.2, 0.25) is 5.02 Å². The summed E-state index contributed by atoms with van der Waals surface area (Å²) in [6.07, 6.45) is 2.40. The van der Waals surface area contributed by atoms with Gasteiger partial charge in [0.1, 0.15) is 11.3 Å². The normalized spacial score (nSPS) is 10.9. The van der Waals surface area contributed by atoms with Crippen LogP contribution in [0.3, 0.4) is 0 Å². The monoisotopic (exact) mass is 295 g/mol. The summed E-state index contributed by atoms with van der Waals surface area (Å²) in [5.41, 5.74) is -0.228. The fraction of sp³-hybridized carbons (Fsp3) is 0.467. The predicted molar refractivity (Wildman–Crippen MR) is 77.2 cm³/mol. The minimum atomic E-state index is -1.04. The number of benzene rings is 1. The topological polar surface area (TPSA) is 70.3 Å². The molecule has 0 unspecified atom stereocenters. The van der Waals surface area contributed by atoms with Crippen LogP contribution in [-0.2, 0) is 0 Å². The van der Waals surface area contributed by atoms with E-state index in [0.29, 0.717) is 11.6 Å². The van der Waals surface area contributed by atoms with Gasteiger partial charge in [-0.05, 0) is 51.3 Å². The number of hydrogen-bond acceptors (Lipinski definition) is 3. The number of carbonyl (C=O) groups is 1. The summed E-state index contributed by atoms with van der Waals surface area (Å²) in [5, 5.41) is 18.4. The van der Waals surface area contributed by atoms with Crippen molar-refractivity contribution in [3.63, 3.8) is 0 Å². The van der Waals surface area contributed by atoms with Gasteiger partial charge in [-0.3, -0.25) is 0 Å². The highest BCUT2D eigenvalue weighted by molar-refractivity contribution is 6.30. The Labute approximate surface area is 123 Å². The van der Waals surface area contributed by atoms with Gasteiger partial charge in [0.05, 0.1) is 18.1 Å². The van der Waals surface area contributed by atoms with Gasteiger partial charge in [-0.1, -0.05) is 11.6 Å². The van der Waals surface area contributed by atoms with Gasteiger partial charge in [-0.2, -0.15) is 5.26 Å². The second-order valence-corrected chi connectivity index (χ2v) is 5.68. The van der Waals surface area contributed by atoms with Crippen LogP contribution in [0.15, 0.2) is 18.2 Å². The lowest BCUT2D eigenvalue weighted by atomic mass is 9.89. The molecule has 0 fully saturated rings. The zero-order valence-electron chi connectivity index (χ0n) is 11.6. The van der Waals surface area contributed by atoms with Crippen LogP contribution >= 0.6 is 11.6 Å². The summed E-state index contributed by atoms with van der Waals surface area (Å²) in [6.45, 7) is 4.20. The number of nitrogens with zero attached hydrogens (tertiary/aromatic N) is 1. The molecule has 0 aliphatic rings. The number of carboxylic acid groups (broad SMARTS) is 1. The van der Waals surface area contributed by atoms with Crippen LogP contribution < -0.4 is 4.74 Å². The number of hydrogen-bond donors (Lipinski definition) is 1. The van der Waals surface area contributed by atoms with Gasteiger partial charge >= 0.3 is 5.97 Å². The van der Waals surface area contributed by atoms with Crippen molar-refractivity contribution in [2.75, 3.05) is 6.61 Å². The van der Waals surface area contributed by atoms with Crippen molar-refractivity contribution in [3.05, 3.63) is 28.8 Å². The van der Waals surface area contributed by atoms with Crippen molar-refractivity contribution in [1.82, 2.24) is 0 Å². The van der Waals surface area contributed by atoms with E-state index in [1.54, 1.807) is 0 Å². The molecular weight excluding hydrogens is 278 g/mol. The highest BCUT2D eigenvalue weighted by atomic mass is 35.5. The lowest BCUT2D eigenvalue weighted by Gasteiger charge is -2.14. The number of aromatic carboxylic acids is 1. The van der Waals surface area contributed by atoms with Gasteiger partial charge < -0.3 is 9.84 Å². The first kappa shape index (κ1) is 16.3. The Morgan fingerprint density at radius 3 is 2.75 bits per heavy atom. The number of nitriles is 1. The molecule has 5 heteroatoms. The zero-order chi connectivity index (χ0) is 15.2. The van der Waals surface area contributed by atoms with Gasteiger partial charge in [0, 0.05) is 5.02 Å². The Morgan fingerprint density at radius 2 is 2.15 bits per heavy atom. The third-order valence-corrected chi connectivity index (χ3v) is 3.17. The number of halogens is 1. The van der Waals surface area contributed by atoms with Gasteiger partial charge in [-0.25, -0.2) is 4.79 Å². The van der Waals surface area contributed by atoms with Crippen LogP contribution in [0.5, 0.6) is 5.75 Å². The Kier molecular flexibility index (Phi) is 5.84. The summed E-state index contributed by atoms with van der Waals surface area (Å²) in [5.74, 6) is -0.758. The van der Waals surface area contributed by atoms with E-state index in [2.05, 4.69) is 6.07 Å². The quantitative estimate of drug-likeness (QED) is 0.768. The molecule has 0 saturated heterocycles. The van der Waals surface area contributed by atoms with Crippen LogP contribution in [0, 0.1) is 16.7 Å². The highest BCUT2D eigenvalue weighted by Crippen LogP contribution is 2.25. The number of ether oxygens (including phenoxy) is 1. The number of unbranched alkanes of at least 4 members (excludes halogenated alkanes) is 1. The van der Waals surface area contributed by atoms with Crippen molar-refractivity contribution in [1.29, 1.82) is 5.26 Å². The average Bonchev–Trinajstić information content (AvgIpc) is 2.38. The molecule has 1 aromatic rings. The molecule has 0 bridgehead atoms. The van der Waals surface area contributed by atoms with E-state index in [-0.39, 0.29) is 16.7 Å². The van der Waals surface area contributed by atoms with Gasteiger partial charge in [-0.15, -0.1) is 0 Å². The zero-order valence-corrected chi connectivity index (χ0v) is 12.4. The van der Waals surface area contributed by atoms with Crippen molar-refractivity contribution >= 4 is 17.6 Å². The molecule has 0 atom stereocenters. The molecule has 0 spiro atoms. The van der Waals surface area contributed by atoms with Crippen molar-refractivity contribution in [2.45, 2.75) is 33.1 Å². The smallest absolute Gasteiger partial charge is 0.339 e. The second-order valence-electron chi connectivity index (χ2n) is 5.25. The molecule has 0 heterocycles. The van der Waals surface area contributed by atoms with Crippen molar-refractivity contribution < 1.29 is 14.6 Å². The molecule has 1 rings (SSSR count). The number of rotatable bonds is 7. The van der Waals surface area contributed by atoms with E-state index < -0.39 is 5.97 Å². The molecule has 108 valence electrons. The van der Waals surface area contributed by atoms with Crippen molar-refractivity contribution in [3.8, 4) is 11.8 Å². The Hall–Kier alpha value is -1.73. The third kappa shape index (κ3) is 5.10. The maximum absolute atomic E-state index is 11.0. The predicted octanol–water partition coefficient (Wildman–Crippen LogP) is 4.14. The largest absolute Gasteiger partial charge is 0.493 e. The summed E-state index contributed by atoms with van der Waals surface area (Å²) in [4.78, 5) is 11.0. The SMILES string of the molecule is CC(C)(C#N)CCCCOc1cc(Cl)ccc1C(=O)O. The fourth-order valence-electron chi connectivity index (χ4n) is 1.70. The molecule has 0 aromatic heterocycles. The molecule has 0 saturated carbocycles. The van der Waals surface area contributed by atoms with Crippen LogP contribution in [0.4, 0.5) is 0 Å². The molecule has 0 radical (unpaired) electrons. The lowest BCUT2D eigenvalue weighted by Crippen LogP contribution is -2.09. The Bertz CT molecular complexity index is 520. The molecule has 0 amide bonds. The maximum atomic E-state index is 11.0. The van der Waals surface area contributed by atoms with Gasteiger partial charge in [0.2, 0.25) is 0 Å². The van der Waals surface area contributed by atoms with E-state index in [9.17, 15) is 4.79 Å². The van der Waals surface area contributed by atoms with E-state index >= 15 is 0 Å². The van der Waals surface area contributed by atoms with Crippen molar-refractivity contribution in [2.24, 2.45) is 5.41 Å². The molecular formula is C15H18ClNO3. The van der Waals surface area contributed by atoms with Gasteiger partial charge in [0.25, 0.3) is 0 Å².